The molecule has 8 nitrogen and oxygen atoms in total. The number of nitrogens with zero attached hydrogens (tertiary/aromatic N) is 6. The molecular formula is C23H32N6O2. The molecule has 1 aromatic carbocycles. The van der Waals surface area contributed by atoms with Crippen LogP contribution in [0.3, 0.4) is 0 Å². The molecule has 2 aliphatic heterocycles. The summed E-state index contributed by atoms with van der Waals surface area (Å²) < 4.78 is 1.77. The number of piperidine rings is 1. The van der Waals surface area contributed by atoms with E-state index in [1.165, 1.54) is 12.0 Å². The maximum atomic E-state index is 13.3. The Morgan fingerprint density at radius 1 is 0.839 bits per heavy atom. The van der Waals surface area contributed by atoms with Crippen LogP contribution < -0.4 is 0 Å². The van der Waals surface area contributed by atoms with Gasteiger partial charge in [0.25, 0.3) is 5.91 Å². The van der Waals surface area contributed by atoms with Crippen LogP contribution in [0, 0.1) is 6.92 Å². The molecule has 0 bridgehead atoms. The zero-order valence-electron chi connectivity index (χ0n) is 18.8. The van der Waals surface area contributed by atoms with Gasteiger partial charge in [-0.25, -0.2) is 9.48 Å². The summed E-state index contributed by atoms with van der Waals surface area (Å²) in [5, 5.41) is 8.58. The maximum absolute atomic E-state index is 13.3. The average molecular weight is 425 g/mol. The minimum absolute atomic E-state index is 0.0946. The molecule has 2 fully saturated rings. The van der Waals surface area contributed by atoms with E-state index in [-0.39, 0.29) is 17.9 Å². The Kier molecular flexibility index (Phi) is 6.25. The summed E-state index contributed by atoms with van der Waals surface area (Å²) in [6.45, 7) is 9.99. The molecule has 166 valence electrons. The van der Waals surface area contributed by atoms with E-state index in [1.807, 2.05) is 41.0 Å². The Morgan fingerprint density at radius 2 is 1.42 bits per heavy atom. The predicted molar refractivity (Wildman–Crippen MR) is 118 cm³/mol. The van der Waals surface area contributed by atoms with E-state index in [0.717, 1.165) is 37.3 Å². The van der Waals surface area contributed by atoms with E-state index < -0.39 is 0 Å². The predicted octanol–water partition coefficient (Wildman–Crippen LogP) is 3.06. The summed E-state index contributed by atoms with van der Waals surface area (Å²) in [4.78, 5) is 31.7. The van der Waals surface area contributed by atoms with Gasteiger partial charge in [-0.2, -0.15) is 0 Å². The van der Waals surface area contributed by atoms with Crippen molar-refractivity contribution in [3.8, 4) is 5.69 Å². The largest absolute Gasteiger partial charge is 0.334 e. The molecule has 0 aliphatic carbocycles. The first-order valence-electron chi connectivity index (χ1n) is 11.3. The lowest BCUT2D eigenvalue weighted by Gasteiger charge is -2.38. The van der Waals surface area contributed by atoms with E-state index >= 15 is 0 Å². The smallest absolute Gasteiger partial charge is 0.320 e. The van der Waals surface area contributed by atoms with E-state index in [1.54, 1.807) is 9.58 Å². The van der Waals surface area contributed by atoms with Gasteiger partial charge < -0.3 is 14.7 Å². The monoisotopic (exact) mass is 424 g/mol. The number of aromatic nitrogens is 3. The van der Waals surface area contributed by atoms with Crippen LogP contribution in [0.1, 0.15) is 60.8 Å². The van der Waals surface area contributed by atoms with Gasteiger partial charge in [0.05, 0.1) is 11.4 Å². The Hall–Kier alpha value is -2.90. The zero-order valence-corrected chi connectivity index (χ0v) is 18.8. The summed E-state index contributed by atoms with van der Waals surface area (Å²) in [6, 6.07) is 8.16. The first-order valence-corrected chi connectivity index (χ1v) is 11.3. The van der Waals surface area contributed by atoms with Crippen molar-refractivity contribution >= 4 is 11.9 Å². The molecule has 3 amide bonds. The van der Waals surface area contributed by atoms with Gasteiger partial charge in [-0.05, 0) is 44.2 Å². The van der Waals surface area contributed by atoms with Crippen molar-refractivity contribution in [3.05, 3.63) is 41.2 Å². The Balaban J connectivity index is 1.46. The van der Waals surface area contributed by atoms with Crippen LogP contribution in [0.25, 0.3) is 5.69 Å². The normalized spacial score (nSPS) is 17.4. The lowest BCUT2D eigenvalue weighted by Crippen LogP contribution is -2.54. The van der Waals surface area contributed by atoms with Crippen molar-refractivity contribution in [2.24, 2.45) is 0 Å². The molecule has 0 atom stereocenters. The summed E-state index contributed by atoms with van der Waals surface area (Å²) in [5.41, 5.74) is 3.30. The van der Waals surface area contributed by atoms with Gasteiger partial charge in [-0.1, -0.05) is 36.8 Å². The third-order valence-electron chi connectivity index (χ3n) is 6.20. The van der Waals surface area contributed by atoms with Crippen molar-refractivity contribution in [2.45, 2.75) is 46.0 Å². The zero-order chi connectivity index (χ0) is 22.0. The highest BCUT2D eigenvalue weighted by molar-refractivity contribution is 5.93. The fourth-order valence-corrected chi connectivity index (χ4v) is 4.37. The van der Waals surface area contributed by atoms with Crippen molar-refractivity contribution in [3.63, 3.8) is 0 Å². The molecule has 0 N–H and O–H groups in total. The van der Waals surface area contributed by atoms with Gasteiger partial charge in [-0.3, -0.25) is 4.79 Å². The molecule has 31 heavy (non-hydrogen) atoms. The Labute approximate surface area is 183 Å². The van der Waals surface area contributed by atoms with Crippen LogP contribution in [0.2, 0.25) is 0 Å². The lowest BCUT2D eigenvalue weighted by atomic mass is 10.1. The molecule has 8 heteroatoms. The van der Waals surface area contributed by atoms with Gasteiger partial charge >= 0.3 is 6.03 Å². The van der Waals surface area contributed by atoms with Crippen molar-refractivity contribution in [2.75, 3.05) is 39.3 Å². The second-order valence-corrected chi connectivity index (χ2v) is 8.83. The third-order valence-corrected chi connectivity index (χ3v) is 6.20. The first-order chi connectivity index (χ1) is 15.0. The van der Waals surface area contributed by atoms with Gasteiger partial charge in [-0.15, -0.1) is 5.10 Å². The van der Waals surface area contributed by atoms with Gasteiger partial charge in [0.2, 0.25) is 0 Å². The second kappa shape index (κ2) is 9.08. The summed E-state index contributed by atoms with van der Waals surface area (Å²) >= 11 is 0. The van der Waals surface area contributed by atoms with Crippen molar-refractivity contribution in [1.82, 2.24) is 29.7 Å². The number of carbonyl (C=O) groups excluding carboxylic acids is 2. The number of hydrogen-bond acceptors (Lipinski definition) is 4. The minimum atomic E-state index is -0.105. The topological polar surface area (TPSA) is 74.6 Å². The van der Waals surface area contributed by atoms with E-state index in [9.17, 15) is 9.59 Å². The highest BCUT2D eigenvalue weighted by Crippen LogP contribution is 2.23. The highest BCUT2D eigenvalue weighted by atomic mass is 16.2. The SMILES string of the molecule is Cc1ccc(-n2nnc(C(=O)N3CCN(C(=O)N4CCCCC4)CC3)c2C(C)C)cc1. The van der Waals surface area contributed by atoms with Crippen molar-refractivity contribution < 1.29 is 9.59 Å². The van der Waals surface area contributed by atoms with E-state index in [2.05, 4.69) is 24.2 Å². The molecule has 2 saturated heterocycles. The van der Waals surface area contributed by atoms with Crippen LogP contribution in [0.4, 0.5) is 4.79 Å². The molecular weight excluding hydrogens is 392 g/mol. The quantitative estimate of drug-likeness (QED) is 0.759. The number of rotatable bonds is 3. The highest BCUT2D eigenvalue weighted by Gasteiger charge is 2.31. The van der Waals surface area contributed by atoms with Crippen LogP contribution in [0.15, 0.2) is 24.3 Å². The average Bonchev–Trinajstić information content (AvgIpc) is 3.25. The van der Waals surface area contributed by atoms with Crippen LogP contribution in [-0.2, 0) is 0 Å². The molecule has 0 spiro atoms. The molecule has 1 aromatic heterocycles. The first kappa shape index (κ1) is 21.3. The summed E-state index contributed by atoms with van der Waals surface area (Å²) in [6.07, 6.45) is 3.37. The van der Waals surface area contributed by atoms with Gasteiger partial charge in [0.1, 0.15) is 0 Å². The fourth-order valence-electron chi connectivity index (χ4n) is 4.37. The molecule has 2 aromatic rings. The minimum Gasteiger partial charge on any atom is -0.334 e. The lowest BCUT2D eigenvalue weighted by molar-refractivity contribution is 0.0626. The van der Waals surface area contributed by atoms with Gasteiger partial charge in [0, 0.05) is 39.3 Å². The maximum Gasteiger partial charge on any atom is 0.320 e. The number of aryl methyl sites for hydroxylation is 1. The van der Waals surface area contributed by atoms with Crippen molar-refractivity contribution in [1.29, 1.82) is 0 Å². The molecule has 0 saturated carbocycles. The fraction of sp³-hybridized carbons (Fsp3) is 0.565. The number of likely N-dealkylation sites (tertiary alicyclic amines) is 1. The van der Waals surface area contributed by atoms with E-state index in [4.69, 9.17) is 0 Å². The number of urea groups is 1. The number of amides is 3. The molecule has 0 radical (unpaired) electrons. The third kappa shape index (κ3) is 4.43. The number of piperazine rings is 1. The molecule has 2 aliphatic rings. The second-order valence-electron chi connectivity index (χ2n) is 8.83. The Morgan fingerprint density at radius 3 is 2.03 bits per heavy atom. The van der Waals surface area contributed by atoms with Gasteiger partial charge in [0.15, 0.2) is 5.69 Å². The number of hydrogen-bond donors (Lipinski definition) is 0. The summed E-state index contributed by atoms with van der Waals surface area (Å²) in [7, 11) is 0. The van der Waals surface area contributed by atoms with Crippen LogP contribution in [-0.4, -0.2) is 80.9 Å². The standard InChI is InChI=1S/C23H32N6O2/c1-17(2)21-20(24-25-29(21)19-9-7-18(3)8-10-19)22(30)26-13-15-28(16-14-26)23(31)27-11-5-4-6-12-27/h7-10,17H,4-6,11-16H2,1-3H3. The number of carbonyl (C=O) groups is 2. The molecule has 4 rings (SSSR count). The molecule has 0 unspecified atom stereocenters. The molecule has 3 heterocycles. The van der Waals surface area contributed by atoms with Crippen LogP contribution >= 0.6 is 0 Å². The Bertz CT molecular complexity index is 922. The number of benzene rings is 1. The van der Waals surface area contributed by atoms with E-state index in [0.29, 0.717) is 31.9 Å². The summed E-state index contributed by atoms with van der Waals surface area (Å²) in [5.74, 6) is -0.00986. The van der Waals surface area contributed by atoms with Crippen LogP contribution in [0.5, 0.6) is 0 Å².